The summed E-state index contributed by atoms with van der Waals surface area (Å²) in [6.45, 7) is 1.62. The predicted molar refractivity (Wildman–Crippen MR) is 90.9 cm³/mol. The molecule has 1 aliphatic rings. The maximum Gasteiger partial charge on any atom is 0.255 e. The molecule has 0 N–H and O–H groups in total. The zero-order valence-corrected chi connectivity index (χ0v) is 14.0. The van der Waals surface area contributed by atoms with Gasteiger partial charge >= 0.3 is 0 Å². The molecule has 1 aromatic carbocycles. The lowest BCUT2D eigenvalue weighted by atomic mass is 9.94. The molecule has 1 saturated heterocycles. The minimum Gasteiger partial charge on any atom is -0.338 e. The Labute approximate surface area is 139 Å². The molecule has 0 saturated carbocycles. The Hall–Kier alpha value is -1.68. The molecule has 1 fully saturated rings. The van der Waals surface area contributed by atoms with Gasteiger partial charge in [-0.25, -0.2) is 0 Å². The van der Waals surface area contributed by atoms with Crippen molar-refractivity contribution in [1.82, 2.24) is 9.88 Å². The zero-order valence-electron chi connectivity index (χ0n) is 12.4. The highest BCUT2D eigenvalue weighted by molar-refractivity contribution is 9.10. The fourth-order valence-corrected chi connectivity index (χ4v) is 3.40. The van der Waals surface area contributed by atoms with Gasteiger partial charge in [0.25, 0.3) is 5.91 Å². The lowest BCUT2D eigenvalue weighted by molar-refractivity contribution is 0.0754. The van der Waals surface area contributed by atoms with Crippen LogP contribution in [0.15, 0.2) is 53.3 Å². The summed E-state index contributed by atoms with van der Waals surface area (Å²) in [7, 11) is 0. The van der Waals surface area contributed by atoms with Crippen LogP contribution in [-0.4, -0.2) is 28.9 Å². The van der Waals surface area contributed by atoms with Gasteiger partial charge in [-0.1, -0.05) is 36.8 Å². The van der Waals surface area contributed by atoms with Gasteiger partial charge in [-0.3, -0.25) is 9.78 Å². The van der Waals surface area contributed by atoms with E-state index in [9.17, 15) is 4.79 Å². The number of amides is 1. The van der Waals surface area contributed by atoms with E-state index in [2.05, 4.69) is 45.2 Å². The minimum atomic E-state index is 0.0802. The molecule has 1 aromatic heterocycles. The van der Waals surface area contributed by atoms with Crippen LogP contribution in [0.4, 0.5) is 0 Å². The van der Waals surface area contributed by atoms with Crippen molar-refractivity contribution in [1.29, 1.82) is 0 Å². The van der Waals surface area contributed by atoms with Crippen LogP contribution >= 0.6 is 15.9 Å². The Morgan fingerprint density at radius 2 is 2.00 bits per heavy atom. The Morgan fingerprint density at radius 1 is 1.18 bits per heavy atom. The third kappa shape index (κ3) is 3.55. The molecule has 2 aromatic rings. The van der Waals surface area contributed by atoms with Crippen molar-refractivity contribution in [3.05, 3.63) is 64.4 Å². The van der Waals surface area contributed by atoms with Gasteiger partial charge in [0.1, 0.15) is 0 Å². The van der Waals surface area contributed by atoms with Crippen LogP contribution < -0.4 is 0 Å². The Bertz CT molecular complexity index is 645. The standard InChI is InChI=1S/C18H19BrN2O/c19-17-10-16(11-20-12-17)18(22)21-9-5-4-8-15(13-21)14-6-2-1-3-7-14/h1-3,6-7,10-12,15H,4-5,8-9,13H2. The molecule has 0 bridgehead atoms. The minimum absolute atomic E-state index is 0.0802. The average Bonchev–Trinajstić information content (AvgIpc) is 2.81. The number of carbonyl (C=O) groups is 1. The summed E-state index contributed by atoms with van der Waals surface area (Å²) < 4.78 is 0.841. The van der Waals surface area contributed by atoms with Gasteiger partial charge in [-0.15, -0.1) is 0 Å². The highest BCUT2D eigenvalue weighted by Crippen LogP contribution is 2.27. The first kappa shape index (κ1) is 15.2. The van der Waals surface area contributed by atoms with Crippen LogP contribution in [0.2, 0.25) is 0 Å². The topological polar surface area (TPSA) is 33.2 Å². The first-order valence-corrected chi connectivity index (χ1v) is 8.48. The Kier molecular flexibility index (Phi) is 4.88. The molecule has 0 aliphatic carbocycles. The SMILES string of the molecule is O=C(c1cncc(Br)c1)N1CCCCC(c2ccccc2)C1. The van der Waals surface area contributed by atoms with Crippen LogP contribution in [-0.2, 0) is 0 Å². The second kappa shape index (κ2) is 7.05. The van der Waals surface area contributed by atoms with Crippen molar-refractivity contribution in [2.45, 2.75) is 25.2 Å². The number of likely N-dealkylation sites (tertiary alicyclic amines) is 1. The molecule has 22 heavy (non-hydrogen) atoms. The van der Waals surface area contributed by atoms with E-state index in [1.165, 1.54) is 12.0 Å². The van der Waals surface area contributed by atoms with E-state index in [0.717, 1.165) is 30.4 Å². The van der Waals surface area contributed by atoms with Gasteiger partial charge in [0, 0.05) is 35.9 Å². The maximum atomic E-state index is 12.7. The number of nitrogens with zero attached hydrogens (tertiary/aromatic N) is 2. The van der Waals surface area contributed by atoms with E-state index in [1.807, 2.05) is 17.0 Å². The number of carbonyl (C=O) groups excluding carboxylic acids is 1. The van der Waals surface area contributed by atoms with Crippen LogP contribution in [0.25, 0.3) is 0 Å². The normalized spacial score (nSPS) is 18.8. The second-order valence-electron chi connectivity index (χ2n) is 5.75. The lowest BCUT2D eigenvalue weighted by Crippen LogP contribution is -2.34. The van der Waals surface area contributed by atoms with E-state index < -0.39 is 0 Å². The van der Waals surface area contributed by atoms with E-state index in [4.69, 9.17) is 0 Å². The number of aromatic nitrogens is 1. The number of hydrogen-bond donors (Lipinski definition) is 0. The number of halogens is 1. The molecule has 4 heteroatoms. The van der Waals surface area contributed by atoms with Gasteiger partial charge in [-0.2, -0.15) is 0 Å². The summed E-state index contributed by atoms with van der Waals surface area (Å²) in [4.78, 5) is 18.8. The van der Waals surface area contributed by atoms with Crippen molar-refractivity contribution in [2.75, 3.05) is 13.1 Å². The summed E-state index contributed by atoms with van der Waals surface area (Å²) in [5, 5.41) is 0. The first-order chi connectivity index (χ1) is 10.7. The predicted octanol–water partition coefficient (Wildman–Crippen LogP) is 4.25. The first-order valence-electron chi connectivity index (χ1n) is 7.69. The lowest BCUT2D eigenvalue weighted by Gasteiger charge is -2.25. The highest BCUT2D eigenvalue weighted by atomic mass is 79.9. The van der Waals surface area contributed by atoms with Gasteiger partial charge in [0.2, 0.25) is 0 Å². The fraction of sp³-hybridized carbons (Fsp3) is 0.333. The number of benzene rings is 1. The molecule has 0 spiro atoms. The molecule has 0 radical (unpaired) electrons. The molecule has 1 atom stereocenters. The summed E-state index contributed by atoms with van der Waals surface area (Å²) in [6, 6.07) is 12.4. The monoisotopic (exact) mass is 358 g/mol. The van der Waals surface area contributed by atoms with Crippen molar-refractivity contribution in [2.24, 2.45) is 0 Å². The van der Waals surface area contributed by atoms with Crippen molar-refractivity contribution in [3.8, 4) is 0 Å². The fourth-order valence-electron chi connectivity index (χ4n) is 3.04. The number of hydrogen-bond acceptors (Lipinski definition) is 2. The molecular weight excluding hydrogens is 340 g/mol. The zero-order chi connectivity index (χ0) is 15.4. The highest BCUT2D eigenvalue weighted by Gasteiger charge is 2.24. The molecule has 3 nitrogen and oxygen atoms in total. The van der Waals surface area contributed by atoms with E-state index >= 15 is 0 Å². The molecule has 1 amide bonds. The summed E-state index contributed by atoms with van der Waals surface area (Å²) in [5.41, 5.74) is 1.98. The Balaban J connectivity index is 1.79. The molecule has 1 unspecified atom stereocenters. The molecule has 1 aliphatic heterocycles. The van der Waals surface area contributed by atoms with E-state index in [-0.39, 0.29) is 5.91 Å². The smallest absolute Gasteiger partial charge is 0.255 e. The van der Waals surface area contributed by atoms with E-state index in [0.29, 0.717) is 11.5 Å². The summed E-state index contributed by atoms with van der Waals surface area (Å²) >= 11 is 3.39. The van der Waals surface area contributed by atoms with Crippen LogP contribution in [0.5, 0.6) is 0 Å². The third-order valence-corrected chi connectivity index (χ3v) is 4.62. The third-order valence-electron chi connectivity index (χ3n) is 4.18. The summed E-state index contributed by atoms with van der Waals surface area (Å²) in [5.74, 6) is 0.504. The van der Waals surface area contributed by atoms with Crippen molar-refractivity contribution < 1.29 is 4.79 Å². The van der Waals surface area contributed by atoms with Gasteiger partial charge in [0.05, 0.1) is 5.56 Å². The summed E-state index contributed by atoms with van der Waals surface area (Å²) in [6.07, 6.45) is 6.72. The molecule has 2 heterocycles. The largest absolute Gasteiger partial charge is 0.338 e. The maximum absolute atomic E-state index is 12.7. The van der Waals surface area contributed by atoms with Crippen LogP contribution in [0, 0.1) is 0 Å². The van der Waals surface area contributed by atoms with Gasteiger partial charge < -0.3 is 4.90 Å². The quantitative estimate of drug-likeness (QED) is 0.803. The number of pyridine rings is 1. The molecular formula is C18H19BrN2O. The van der Waals surface area contributed by atoms with Crippen molar-refractivity contribution >= 4 is 21.8 Å². The second-order valence-corrected chi connectivity index (χ2v) is 6.66. The van der Waals surface area contributed by atoms with Crippen molar-refractivity contribution in [3.63, 3.8) is 0 Å². The van der Waals surface area contributed by atoms with E-state index in [1.54, 1.807) is 12.4 Å². The average molecular weight is 359 g/mol. The van der Waals surface area contributed by atoms with Crippen LogP contribution in [0.1, 0.15) is 41.1 Å². The van der Waals surface area contributed by atoms with Crippen LogP contribution in [0.3, 0.4) is 0 Å². The van der Waals surface area contributed by atoms with Gasteiger partial charge in [0.15, 0.2) is 0 Å². The molecule has 114 valence electrons. The van der Waals surface area contributed by atoms with Gasteiger partial charge in [-0.05, 0) is 40.4 Å². The Morgan fingerprint density at radius 3 is 2.77 bits per heavy atom. The number of rotatable bonds is 2. The molecule has 3 rings (SSSR count).